The molecule has 0 aromatic heterocycles. The maximum Gasteiger partial charge on any atom is 0.247 e. The summed E-state index contributed by atoms with van der Waals surface area (Å²) < 4.78 is 0. The van der Waals surface area contributed by atoms with Crippen molar-refractivity contribution in [1.29, 1.82) is 0 Å². The fourth-order valence-corrected chi connectivity index (χ4v) is 2.53. The van der Waals surface area contributed by atoms with E-state index in [4.69, 9.17) is 11.6 Å². The molecule has 0 spiro atoms. The standard InChI is InChI=1S/C11H11ClN2O2S/c12-7-2-1-3-8(4-7)13-11(16)9-5-17-6-10(15)14-9/h1-4,9H,5-6H2,(H,13,16)(H,14,15). The number of nitrogens with one attached hydrogen (secondary N) is 2. The molecule has 2 rings (SSSR count). The van der Waals surface area contributed by atoms with Crippen LogP contribution in [-0.4, -0.2) is 29.4 Å². The van der Waals surface area contributed by atoms with E-state index in [2.05, 4.69) is 10.6 Å². The quantitative estimate of drug-likeness (QED) is 0.856. The zero-order valence-electron chi connectivity index (χ0n) is 8.90. The van der Waals surface area contributed by atoms with Crippen molar-refractivity contribution in [3.8, 4) is 0 Å². The van der Waals surface area contributed by atoms with E-state index in [1.807, 2.05) is 0 Å². The Labute approximate surface area is 108 Å². The van der Waals surface area contributed by atoms with Gasteiger partial charge in [0.25, 0.3) is 0 Å². The van der Waals surface area contributed by atoms with Crippen molar-refractivity contribution in [2.45, 2.75) is 6.04 Å². The minimum absolute atomic E-state index is 0.104. The van der Waals surface area contributed by atoms with E-state index in [1.54, 1.807) is 24.3 Å². The number of carbonyl (C=O) groups is 2. The van der Waals surface area contributed by atoms with Gasteiger partial charge in [-0.15, -0.1) is 11.8 Å². The summed E-state index contributed by atoms with van der Waals surface area (Å²) in [5, 5.41) is 5.93. The summed E-state index contributed by atoms with van der Waals surface area (Å²) in [5.74, 6) is 0.694. The maximum atomic E-state index is 11.8. The van der Waals surface area contributed by atoms with E-state index in [9.17, 15) is 9.59 Å². The van der Waals surface area contributed by atoms with Crippen LogP contribution >= 0.6 is 23.4 Å². The Balaban J connectivity index is 1.99. The van der Waals surface area contributed by atoms with Crippen LogP contribution in [-0.2, 0) is 9.59 Å². The van der Waals surface area contributed by atoms with Crippen molar-refractivity contribution in [2.24, 2.45) is 0 Å². The Morgan fingerprint density at radius 1 is 1.53 bits per heavy atom. The summed E-state index contributed by atoms with van der Waals surface area (Å²) in [6.45, 7) is 0. The third kappa shape index (κ3) is 3.38. The normalized spacial score (nSPS) is 19.6. The molecule has 4 nitrogen and oxygen atoms in total. The molecule has 0 bridgehead atoms. The molecule has 2 N–H and O–H groups in total. The summed E-state index contributed by atoms with van der Waals surface area (Å²) in [6.07, 6.45) is 0. The van der Waals surface area contributed by atoms with Crippen molar-refractivity contribution < 1.29 is 9.59 Å². The monoisotopic (exact) mass is 270 g/mol. The number of benzene rings is 1. The molecule has 1 heterocycles. The Hall–Kier alpha value is -1.20. The number of thioether (sulfide) groups is 1. The molecular formula is C11H11ClN2O2S. The number of anilines is 1. The average Bonchev–Trinajstić information content (AvgIpc) is 2.29. The molecule has 17 heavy (non-hydrogen) atoms. The Morgan fingerprint density at radius 2 is 2.35 bits per heavy atom. The topological polar surface area (TPSA) is 58.2 Å². The minimum Gasteiger partial charge on any atom is -0.343 e. The number of halogens is 1. The largest absolute Gasteiger partial charge is 0.343 e. The summed E-state index contributed by atoms with van der Waals surface area (Å²) in [5.41, 5.74) is 0.632. The van der Waals surface area contributed by atoms with Crippen molar-refractivity contribution >= 4 is 40.9 Å². The van der Waals surface area contributed by atoms with Gasteiger partial charge in [-0.25, -0.2) is 0 Å². The van der Waals surface area contributed by atoms with E-state index in [0.29, 0.717) is 22.2 Å². The van der Waals surface area contributed by atoms with Crippen LogP contribution in [0.4, 0.5) is 5.69 Å². The van der Waals surface area contributed by atoms with Crippen molar-refractivity contribution in [2.75, 3.05) is 16.8 Å². The van der Waals surface area contributed by atoms with Crippen LogP contribution in [0.15, 0.2) is 24.3 Å². The van der Waals surface area contributed by atoms with Gasteiger partial charge in [0, 0.05) is 16.5 Å². The fraction of sp³-hybridized carbons (Fsp3) is 0.273. The molecule has 0 aliphatic carbocycles. The van der Waals surface area contributed by atoms with E-state index in [1.165, 1.54) is 11.8 Å². The molecule has 1 fully saturated rings. The molecule has 0 saturated carbocycles. The van der Waals surface area contributed by atoms with E-state index in [0.717, 1.165) is 0 Å². The van der Waals surface area contributed by atoms with Crippen LogP contribution in [0.3, 0.4) is 0 Å². The number of amides is 2. The van der Waals surface area contributed by atoms with Gasteiger partial charge in [0.2, 0.25) is 11.8 Å². The van der Waals surface area contributed by atoms with Crippen molar-refractivity contribution in [3.05, 3.63) is 29.3 Å². The molecule has 1 saturated heterocycles. The third-order valence-electron chi connectivity index (χ3n) is 2.26. The van der Waals surface area contributed by atoms with Gasteiger partial charge in [-0.3, -0.25) is 9.59 Å². The van der Waals surface area contributed by atoms with E-state index in [-0.39, 0.29) is 11.8 Å². The highest BCUT2D eigenvalue weighted by molar-refractivity contribution is 8.00. The van der Waals surface area contributed by atoms with Gasteiger partial charge in [0.15, 0.2) is 0 Å². The highest BCUT2D eigenvalue weighted by Gasteiger charge is 2.24. The van der Waals surface area contributed by atoms with Crippen molar-refractivity contribution in [1.82, 2.24) is 5.32 Å². The van der Waals surface area contributed by atoms with Gasteiger partial charge in [0.1, 0.15) is 6.04 Å². The SMILES string of the molecule is O=C1CSCC(C(=O)Nc2cccc(Cl)c2)N1. The fourth-order valence-electron chi connectivity index (χ4n) is 1.48. The Bertz CT molecular complexity index is 453. The first-order valence-electron chi connectivity index (χ1n) is 5.09. The van der Waals surface area contributed by atoms with Crippen LogP contribution in [0.25, 0.3) is 0 Å². The summed E-state index contributed by atoms with van der Waals surface area (Å²) in [4.78, 5) is 23.0. The molecule has 1 aliphatic heterocycles. The van der Waals surface area contributed by atoms with Crippen LogP contribution in [0.2, 0.25) is 5.02 Å². The first-order chi connectivity index (χ1) is 8.15. The smallest absolute Gasteiger partial charge is 0.247 e. The molecule has 90 valence electrons. The number of hydrogen-bond donors (Lipinski definition) is 2. The lowest BCUT2D eigenvalue weighted by molar-refractivity contribution is -0.124. The van der Waals surface area contributed by atoms with Crippen LogP contribution in [0, 0.1) is 0 Å². The molecular weight excluding hydrogens is 260 g/mol. The lowest BCUT2D eigenvalue weighted by atomic mass is 10.2. The summed E-state index contributed by atoms with van der Waals surface area (Å²) >= 11 is 7.27. The first kappa shape index (κ1) is 12.3. The maximum absolute atomic E-state index is 11.8. The Kier molecular flexibility index (Phi) is 3.91. The number of hydrogen-bond acceptors (Lipinski definition) is 3. The van der Waals surface area contributed by atoms with Crippen LogP contribution in [0.5, 0.6) is 0 Å². The number of rotatable bonds is 2. The Morgan fingerprint density at radius 3 is 3.06 bits per heavy atom. The molecule has 1 atom stereocenters. The van der Waals surface area contributed by atoms with Gasteiger partial charge in [0.05, 0.1) is 5.75 Å². The molecule has 0 radical (unpaired) electrons. The first-order valence-corrected chi connectivity index (χ1v) is 6.62. The van der Waals surface area contributed by atoms with Gasteiger partial charge in [-0.05, 0) is 18.2 Å². The van der Waals surface area contributed by atoms with Gasteiger partial charge in [-0.1, -0.05) is 17.7 Å². The van der Waals surface area contributed by atoms with Crippen LogP contribution < -0.4 is 10.6 Å². The second-order valence-corrected chi connectivity index (χ2v) is 5.10. The van der Waals surface area contributed by atoms with Gasteiger partial charge < -0.3 is 10.6 Å². The second-order valence-electron chi connectivity index (χ2n) is 3.63. The van der Waals surface area contributed by atoms with E-state index < -0.39 is 6.04 Å². The lowest BCUT2D eigenvalue weighted by Crippen LogP contribution is -2.49. The average molecular weight is 271 g/mol. The molecule has 1 unspecified atom stereocenters. The van der Waals surface area contributed by atoms with Crippen molar-refractivity contribution in [3.63, 3.8) is 0 Å². The highest BCUT2D eigenvalue weighted by Crippen LogP contribution is 2.16. The third-order valence-corrected chi connectivity index (χ3v) is 3.53. The van der Waals surface area contributed by atoms with E-state index >= 15 is 0 Å². The minimum atomic E-state index is -0.472. The van der Waals surface area contributed by atoms with Gasteiger partial charge >= 0.3 is 0 Å². The summed E-state index contributed by atoms with van der Waals surface area (Å²) in [7, 11) is 0. The summed E-state index contributed by atoms with van der Waals surface area (Å²) in [6, 6.07) is 6.43. The highest BCUT2D eigenvalue weighted by atomic mass is 35.5. The predicted molar refractivity (Wildman–Crippen MR) is 69.3 cm³/mol. The zero-order valence-corrected chi connectivity index (χ0v) is 10.5. The zero-order chi connectivity index (χ0) is 12.3. The molecule has 1 aromatic carbocycles. The lowest BCUT2D eigenvalue weighted by Gasteiger charge is -2.22. The number of carbonyl (C=O) groups excluding carboxylic acids is 2. The molecule has 1 aromatic rings. The van der Waals surface area contributed by atoms with Gasteiger partial charge in [-0.2, -0.15) is 0 Å². The van der Waals surface area contributed by atoms with Crippen LogP contribution in [0.1, 0.15) is 0 Å². The molecule has 2 amide bonds. The second kappa shape index (κ2) is 5.42. The molecule has 1 aliphatic rings. The molecule has 6 heteroatoms. The predicted octanol–water partition coefficient (Wildman–Crippen LogP) is 1.51.